The molecule has 2 saturated carbocycles. The van der Waals surface area contributed by atoms with Gasteiger partial charge in [0.25, 0.3) is 5.91 Å². The van der Waals surface area contributed by atoms with Crippen molar-refractivity contribution in [2.45, 2.75) is 44.3 Å². The fraction of sp³-hybridized carbons (Fsp3) is 0.353. The van der Waals surface area contributed by atoms with Crippen molar-refractivity contribution in [3.8, 4) is 40.3 Å². The van der Waals surface area contributed by atoms with Gasteiger partial charge < -0.3 is 29.6 Å². The zero-order valence-corrected chi connectivity index (χ0v) is 24.7. The third-order valence-electron chi connectivity index (χ3n) is 9.83. The van der Waals surface area contributed by atoms with Crippen molar-refractivity contribution in [2.24, 2.45) is 24.6 Å². The number of methoxy groups -OCH3 is 1. The Morgan fingerprint density at radius 1 is 1.11 bits per heavy atom. The molecule has 10 heteroatoms. The van der Waals surface area contributed by atoms with E-state index in [1.54, 1.807) is 19.2 Å². The minimum atomic E-state index is -0.0247. The van der Waals surface area contributed by atoms with Gasteiger partial charge in [-0.25, -0.2) is 9.97 Å². The number of aromatic hydroxyl groups is 1. The van der Waals surface area contributed by atoms with Crippen LogP contribution >= 0.6 is 0 Å². The van der Waals surface area contributed by atoms with E-state index in [4.69, 9.17) is 20.4 Å². The largest absolute Gasteiger partial charge is 0.507 e. The van der Waals surface area contributed by atoms with Crippen molar-refractivity contribution in [3.63, 3.8) is 0 Å². The Balaban J connectivity index is 1.25. The van der Waals surface area contributed by atoms with Crippen LogP contribution in [0.15, 0.2) is 48.5 Å². The Morgan fingerprint density at radius 3 is 2.66 bits per heavy atom. The predicted molar refractivity (Wildman–Crippen MR) is 166 cm³/mol. The van der Waals surface area contributed by atoms with Crippen LogP contribution in [0.5, 0.6) is 11.5 Å². The summed E-state index contributed by atoms with van der Waals surface area (Å²) in [6.45, 7) is 1.49. The van der Waals surface area contributed by atoms with Crippen molar-refractivity contribution in [1.29, 1.82) is 5.26 Å². The van der Waals surface area contributed by atoms with Gasteiger partial charge in [-0.1, -0.05) is 0 Å². The normalized spacial score (nSPS) is 21.0. The number of rotatable bonds is 6. The fourth-order valence-electron chi connectivity index (χ4n) is 7.28. The molecule has 0 radical (unpaired) electrons. The summed E-state index contributed by atoms with van der Waals surface area (Å²) >= 11 is 0. The number of benzene rings is 2. The average molecular weight is 588 g/mol. The van der Waals surface area contributed by atoms with Crippen LogP contribution in [0.1, 0.15) is 41.6 Å². The highest BCUT2D eigenvalue weighted by Crippen LogP contribution is 2.40. The monoisotopic (exact) mass is 587 g/mol. The number of likely N-dealkylation sites (tertiary alicyclic amines) is 1. The first-order valence-corrected chi connectivity index (χ1v) is 15.2. The van der Waals surface area contributed by atoms with Crippen LogP contribution in [0, 0.1) is 23.2 Å². The number of piperidine rings is 1. The summed E-state index contributed by atoms with van der Waals surface area (Å²) < 4.78 is 10.1. The molecule has 2 aliphatic carbocycles. The molecule has 1 amide bonds. The van der Waals surface area contributed by atoms with E-state index >= 15 is 0 Å². The molecule has 3 aromatic heterocycles. The maximum atomic E-state index is 13.7. The average Bonchev–Trinajstić information content (AvgIpc) is 3.44. The van der Waals surface area contributed by atoms with Gasteiger partial charge in [0, 0.05) is 48.7 Å². The number of nitrogens with zero attached hydrogens (tertiary/aromatic N) is 6. The summed E-state index contributed by atoms with van der Waals surface area (Å²) in [5, 5.41) is 21.0. The van der Waals surface area contributed by atoms with Crippen molar-refractivity contribution in [2.75, 3.05) is 13.7 Å². The third kappa shape index (κ3) is 4.07. The van der Waals surface area contributed by atoms with Crippen molar-refractivity contribution in [3.05, 3.63) is 59.7 Å². The number of phenolic OH excluding ortho intramolecular Hbond substituents is 1. The smallest absolute Gasteiger partial charge is 0.254 e. The first-order valence-electron chi connectivity index (χ1n) is 15.2. The summed E-state index contributed by atoms with van der Waals surface area (Å²) in [6, 6.07) is 16.7. The molecule has 1 saturated heterocycles. The van der Waals surface area contributed by atoms with Gasteiger partial charge in [-0.3, -0.25) is 4.79 Å². The highest BCUT2D eigenvalue weighted by Gasteiger charge is 2.47. The molecule has 2 bridgehead atoms. The second-order valence-corrected chi connectivity index (χ2v) is 12.5. The quantitative estimate of drug-likeness (QED) is 0.291. The van der Waals surface area contributed by atoms with E-state index in [-0.39, 0.29) is 23.7 Å². The molecule has 44 heavy (non-hydrogen) atoms. The van der Waals surface area contributed by atoms with E-state index in [0.717, 1.165) is 60.3 Å². The molecule has 8 rings (SSSR count). The van der Waals surface area contributed by atoms with Gasteiger partial charge in [0.1, 0.15) is 22.7 Å². The van der Waals surface area contributed by atoms with Gasteiger partial charge in [-0.05, 0) is 86.1 Å². The topological polar surface area (TPSA) is 135 Å². The fourth-order valence-corrected chi connectivity index (χ4v) is 7.28. The van der Waals surface area contributed by atoms with Gasteiger partial charge in [0.15, 0.2) is 5.82 Å². The number of nitrogens with two attached hydrogens (primary N) is 1. The second kappa shape index (κ2) is 9.82. The van der Waals surface area contributed by atoms with Crippen molar-refractivity contribution in [1.82, 2.24) is 24.0 Å². The lowest BCUT2D eigenvalue weighted by Crippen LogP contribution is -2.41. The van der Waals surface area contributed by atoms with E-state index in [2.05, 4.69) is 16.7 Å². The summed E-state index contributed by atoms with van der Waals surface area (Å²) in [6.07, 6.45) is 4.36. The van der Waals surface area contributed by atoms with Crippen LogP contribution < -0.4 is 10.5 Å². The van der Waals surface area contributed by atoms with Crippen LogP contribution in [0.25, 0.3) is 44.8 Å². The number of amides is 1. The number of imidazole rings is 1. The number of nitriles is 1. The number of hydrogen-bond donors (Lipinski definition) is 2. The predicted octanol–water partition coefficient (Wildman–Crippen LogP) is 4.81. The SMILES string of the molecule is COc1cc(C(=O)N2CC3CCC2C3N)cc2nc(-c3cc4ccc(-c5cc(C#N)ccc5O)nc4n3CC3CC3)n(C)c12. The Labute approximate surface area is 254 Å². The number of pyridine rings is 1. The van der Waals surface area contributed by atoms with Gasteiger partial charge in [-0.15, -0.1) is 0 Å². The van der Waals surface area contributed by atoms with E-state index in [9.17, 15) is 15.2 Å². The number of ether oxygens (including phenoxy) is 1. The number of aryl methyl sites for hydroxylation is 1. The number of phenols is 1. The van der Waals surface area contributed by atoms with Gasteiger partial charge in [0.2, 0.25) is 0 Å². The first-order chi connectivity index (χ1) is 21.3. The summed E-state index contributed by atoms with van der Waals surface area (Å²) in [4.78, 5) is 25.7. The molecule has 1 aliphatic heterocycles. The molecule has 222 valence electrons. The Bertz CT molecular complexity index is 2030. The summed E-state index contributed by atoms with van der Waals surface area (Å²) in [5.74, 6) is 2.33. The van der Waals surface area contributed by atoms with E-state index in [0.29, 0.717) is 52.0 Å². The molecule has 10 nitrogen and oxygen atoms in total. The molecule has 2 aromatic carbocycles. The molecule has 5 aromatic rings. The lowest BCUT2D eigenvalue weighted by atomic mass is 10.1. The van der Waals surface area contributed by atoms with Crippen LogP contribution in [-0.4, -0.2) is 60.8 Å². The maximum absolute atomic E-state index is 13.7. The highest BCUT2D eigenvalue weighted by atomic mass is 16.5. The molecule has 4 heterocycles. The Kier molecular flexibility index (Phi) is 5.97. The standard InChI is InChI=1S/C34H33N7O3/c1-39-31-25(12-22(14-29(31)44-2)34(43)41-17-21-7-9-26(41)30(21)36)38-33(39)27-13-20-6-8-24(23-11-19(15-35)5-10-28(23)42)37-32(20)40(27)16-18-3-4-18/h5-6,8,10-14,18,21,26,30,42H,3-4,7,9,16-17,36H2,1-2H3. The van der Waals surface area contributed by atoms with Gasteiger partial charge in [-0.2, -0.15) is 5.26 Å². The highest BCUT2D eigenvalue weighted by molar-refractivity contribution is 6.00. The lowest BCUT2D eigenvalue weighted by Gasteiger charge is -2.27. The van der Waals surface area contributed by atoms with E-state index in [1.165, 1.54) is 6.07 Å². The molecular formula is C34H33N7O3. The van der Waals surface area contributed by atoms with Gasteiger partial charge in [0.05, 0.1) is 35.6 Å². The molecule has 3 unspecified atom stereocenters. The number of hydrogen-bond acceptors (Lipinski definition) is 7. The van der Waals surface area contributed by atoms with Crippen LogP contribution in [0.2, 0.25) is 0 Å². The van der Waals surface area contributed by atoms with Crippen molar-refractivity contribution < 1.29 is 14.6 Å². The zero-order chi connectivity index (χ0) is 30.3. The lowest BCUT2D eigenvalue weighted by molar-refractivity contribution is 0.0700. The number of fused-ring (bicyclic) bond motifs is 4. The third-order valence-corrected chi connectivity index (χ3v) is 9.83. The molecule has 3 N–H and O–H groups in total. The van der Waals surface area contributed by atoms with Gasteiger partial charge >= 0.3 is 0 Å². The molecule has 3 fully saturated rings. The van der Waals surface area contributed by atoms with Crippen LogP contribution in [-0.2, 0) is 13.6 Å². The summed E-state index contributed by atoms with van der Waals surface area (Å²) in [7, 11) is 3.59. The Hall–Kier alpha value is -4.88. The van der Waals surface area contributed by atoms with Crippen molar-refractivity contribution >= 4 is 28.0 Å². The second-order valence-electron chi connectivity index (χ2n) is 12.5. The molecule has 0 spiro atoms. The minimum Gasteiger partial charge on any atom is -0.507 e. The zero-order valence-electron chi connectivity index (χ0n) is 24.7. The molecule has 3 atom stereocenters. The van der Waals surface area contributed by atoms with Crippen LogP contribution in [0.3, 0.4) is 0 Å². The van der Waals surface area contributed by atoms with E-state index in [1.807, 2.05) is 40.8 Å². The van der Waals surface area contributed by atoms with Crippen LogP contribution in [0.4, 0.5) is 0 Å². The number of carbonyl (C=O) groups is 1. The molecule has 3 aliphatic rings. The molecular weight excluding hydrogens is 554 g/mol. The first kappa shape index (κ1) is 26.7. The number of aromatic nitrogens is 4. The number of carbonyl (C=O) groups excluding carboxylic acids is 1. The minimum absolute atomic E-state index is 0.0247. The van der Waals surface area contributed by atoms with E-state index < -0.39 is 0 Å². The Morgan fingerprint density at radius 2 is 1.95 bits per heavy atom. The summed E-state index contributed by atoms with van der Waals surface area (Å²) in [5.41, 5.74) is 11.8. The maximum Gasteiger partial charge on any atom is 0.254 e.